The summed E-state index contributed by atoms with van der Waals surface area (Å²) in [4.78, 5) is 26.0. The number of nitrogens with zero attached hydrogens (tertiary/aromatic N) is 6. The van der Waals surface area contributed by atoms with E-state index in [4.69, 9.17) is 9.15 Å². The summed E-state index contributed by atoms with van der Waals surface area (Å²) >= 11 is 0. The van der Waals surface area contributed by atoms with E-state index in [1.807, 2.05) is 35.2 Å². The fraction of sp³-hybridized carbons (Fsp3) is 0.200. The Kier molecular flexibility index (Phi) is 7.27. The van der Waals surface area contributed by atoms with Crippen LogP contribution in [0.15, 0.2) is 76.2 Å². The smallest absolute Gasteiger partial charge is 0.269 e. The first-order valence-corrected chi connectivity index (χ1v) is 11.6. The molecule has 3 heterocycles. The molecule has 0 amide bonds. The topological polar surface area (TPSA) is 144 Å². The molecule has 12 heteroatoms. The Bertz CT molecular complexity index is 1370. The van der Waals surface area contributed by atoms with E-state index < -0.39 is 4.92 Å². The molecule has 2 aromatic heterocycles. The first-order valence-electron chi connectivity index (χ1n) is 11.6. The number of ether oxygens (including phenoxy) is 1. The average Bonchev–Trinajstić information content (AvgIpc) is 3.42. The van der Waals surface area contributed by atoms with Crippen molar-refractivity contribution >= 4 is 29.7 Å². The van der Waals surface area contributed by atoms with Crippen molar-refractivity contribution in [1.82, 2.24) is 15.0 Å². The summed E-state index contributed by atoms with van der Waals surface area (Å²) in [6, 6.07) is 19.6. The third kappa shape index (κ3) is 6.24. The molecule has 0 atom stereocenters. The van der Waals surface area contributed by atoms with Crippen LogP contribution < -0.4 is 15.6 Å². The Labute approximate surface area is 212 Å². The van der Waals surface area contributed by atoms with E-state index in [-0.39, 0.29) is 11.6 Å². The van der Waals surface area contributed by atoms with Crippen molar-refractivity contribution < 1.29 is 14.1 Å². The number of rotatable bonds is 9. The second-order valence-electron chi connectivity index (χ2n) is 8.10. The zero-order chi connectivity index (χ0) is 25.5. The molecule has 37 heavy (non-hydrogen) atoms. The van der Waals surface area contributed by atoms with Gasteiger partial charge in [0.05, 0.1) is 24.4 Å². The van der Waals surface area contributed by atoms with Gasteiger partial charge in [0.1, 0.15) is 11.5 Å². The molecule has 5 rings (SSSR count). The molecular formula is C25H24N8O4. The fourth-order valence-electron chi connectivity index (χ4n) is 3.65. The number of anilines is 3. The van der Waals surface area contributed by atoms with E-state index in [0.717, 1.165) is 11.1 Å². The highest BCUT2D eigenvalue weighted by Gasteiger charge is 2.16. The number of hydrogen-bond donors (Lipinski definition) is 2. The van der Waals surface area contributed by atoms with Gasteiger partial charge in [0.2, 0.25) is 17.8 Å². The molecule has 1 aliphatic rings. The van der Waals surface area contributed by atoms with E-state index in [0.29, 0.717) is 56.3 Å². The molecule has 0 bridgehead atoms. The maximum absolute atomic E-state index is 10.9. The maximum Gasteiger partial charge on any atom is 0.269 e. The summed E-state index contributed by atoms with van der Waals surface area (Å²) in [6.07, 6.45) is 1.50. The minimum absolute atomic E-state index is 0.0210. The van der Waals surface area contributed by atoms with Gasteiger partial charge in [-0.2, -0.15) is 20.1 Å². The Morgan fingerprint density at radius 1 is 0.973 bits per heavy atom. The number of furan rings is 1. The first-order chi connectivity index (χ1) is 18.1. The fourth-order valence-corrected chi connectivity index (χ4v) is 3.65. The van der Waals surface area contributed by atoms with Crippen molar-refractivity contribution in [2.75, 3.05) is 41.9 Å². The number of nitro benzene ring substituents is 1. The predicted octanol–water partition coefficient (Wildman–Crippen LogP) is 3.93. The lowest BCUT2D eigenvalue weighted by molar-refractivity contribution is -0.384. The highest BCUT2D eigenvalue weighted by molar-refractivity contribution is 5.78. The van der Waals surface area contributed by atoms with Crippen molar-refractivity contribution in [3.05, 3.63) is 88.2 Å². The molecule has 1 fully saturated rings. The van der Waals surface area contributed by atoms with Crippen LogP contribution in [-0.2, 0) is 11.3 Å². The number of hydrazone groups is 1. The van der Waals surface area contributed by atoms with Crippen molar-refractivity contribution in [3.8, 4) is 11.3 Å². The highest BCUT2D eigenvalue weighted by atomic mass is 16.6. The highest BCUT2D eigenvalue weighted by Crippen LogP contribution is 2.24. The van der Waals surface area contributed by atoms with Crippen molar-refractivity contribution in [2.45, 2.75) is 6.54 Å². The summed E-state index contributed by atoms with van der Waals surface area (Å²) in [6.45, 7) is 3.14. The summed E-state index contributed by atoms with van der Waals surface area (Å²) < 4.78 is 11.2. The number of morpholine rings is 1. The second-order valence-corrected chi connectivity index (χ2v) is 8.10. The lowest BCUT2D eigenvalue weighted by Crippen LogP contribution is -2.37. The summed E-state index contributed by atoms with van der Waals surface area (Å²) in [5.41, 5.74) is 4.70. The van der Waals surface area contributed by atoms with Gasteiger partial charge in [0.15, 0.2) is 0 Å². The molecule has 0 saturated carbocycles. The number of hydrogen-bond acceptors (Lipinski definition) is 11. The number of aromatic nitrogens is 3. The predicted molar refractivity (Wildman–Crippen MR) is 139 cm³/mol. The van der Waals surface area contributed by atoms with Crippen LogP contribution in [0.1, 0.15) is 11.3 Å². The van der Waals surface area contributed by atoms with Crippen LogP contribution >= 0.6 is 0 Å². The van der Waals surface area contributed by atoms with Crippen LogP contribution in [-0.4, -0.2) is 52.4 Å². The van der Waals surface area contributed by atoms with Crippen LogP contribution in [0, 0.1) is 10.1 Å². The van der Waals surface area contributed by atoms with Gasteiger partial charge >= 0.3 is 0 Å². The van der Waals surface area contributed by atoms with Gasteiger partial charge < -0.3 is 19.4 Å². The molecule has 188 valence electrons. The van der Waals surface area contributed by atoms with Gasteiger partial charge in [-0.1, -0.05) is 30.3 Å². The van der Waals surface area contributed by atoms with Gasteiger partial charge in [-0.05, 0) is 29.8 Å². The van der Waals surface area contributed by atoms with E-state index in [9.17, 15) is 10.1 Å². The molecule has 2 aromatic carbocycles. The number of nitro groups is 1. The van der Waals surface area contributed by atoms with Crippen LogP contribution in [0.25, 0.3) is 11.3 Å². The van der Waals surface area contributed by atoms with Crippen molar-refractivity contribution in [3.63, 3.8) is 0 Å². The number of benzene rings is 2. The number of non-ortho nitro benzene ring substituents is 1. The molecule has 0 unspecified atom stereocenters. The van der Waals surface area contributed by atoms with E-state index >= 15 is 0 Å². The molecule has 1 aliphatic heterocycles. The summed E-state index contributed by atoms with van der Waals surface area (Å²) in [5, 5.41) is 18.3. The average molecular weight is 501 g/mol. The van der Waals surface area contributed by atoms with E-state index in [1.54, 1.807) is 24.3 Å². The monoisotopic (exact) mass is 500 g/mol. The largest absolute Gasteiger partial charge is 0.455 e. The Balaban J connectivity index is 1.29. The summed E-state index contributed by atoms with van der Waals surface area (Å²) in [5.74, 6) is 2.30. The molecule has 0 aliphatic carbocycles. The first kappa shape index (κ1) is 23.9. The van der Waals surface area contributed by atoms with Gasteiger partial charge in [-0.15, -0.1) is 0 Å². The standard InChI is InChI=1S/C25H24N8O4/c34-33(35)20-8-6-19(7-9-20)22-11-10-21(37-22)17-27-31-24-28-23(26-16-18-4-2-1-3-5-18)29-25(30-24)32-12-14-36-15-13-32/h1-11,17H,12-16H2,(H2,26,28,29,30,31)/b27-17-. The zero-order valence-electron chi connectivity index (χ0n) is 19.8. The van der Waals surface area contributed by atoms with Crippen molar-refractivity contribution in [1.29, 1.82) is 0 Å². The van der Waals surface area contributed by atoms with Gasteiger partial charge in [0, 0.05) is 37.3 Å². The van der Waals surface area contributed by atoms with Gasteiger partial charge in [-0.3, -0.25) is 10.1 Å². The SMILES string of the molecule is O=[N+]([O-])c1ccc(-c2ccc(/C=N\Nc3nc(NCc4ccccc4)nc(N4CCOCC4)n3)o2)cc1. The minimum atomic E-state index is -0.441. The zero-order valence-corrected chi connectivity index (χ0v) is 19.8. The van der Waals surface area contributed by atoms with Gasteiger partial charge in [-0.25, -0.2) is 5.43 Å². The molecule has 4 aromatic rings. The maximum atomic E-state index is 10.9. The molecule has 12 nitrogen and oxygen atoms in total. The van der Waals surface area contributed by atoms with Crippen molar-refractivity contribution in [2.24, 2.45) is 5.10 Å². The molecule has 0 spiro atoms. The molecule has 2 N–H and O–H groups in total. The van der Waals surface area contributed by atoms with E-state index in [2.05, 4.69) is 30.8 Å². The van der Waals surface area contributed by atoms with Crippen LogP contribution in [0.4, 0.5) is 23.5 Å². The lowest BCUT2D eigenvalue weighted by Gasteiger charge is -2.27. The van der Waals surface area contributed by atoms with Crippen LogP contribution in [0.3, 0.4) is 0 Å². The quantitative estimate of drug-likeness (QED) is 0.197. The number of nitrogens with one attached hydrogen (secondary N) is 2. The lowest BCUT2D eigenvalue weighted by atomic mass is 10.1. The minimum Gasteiger partial charge on any atom is -0.455 e. The molecular weight excluding hydrogens is 476 g/mol. The third-order valence-corrected chi connectivity index (χ3v) is 5.56. The third-order valence-electron chi connectivity index (χ3n) is 5.56. The molecule has 1 saturated heterocycles. The molecule has 0 radical (unpaired) electrons. The Morgan fingerprint density at radius 2 is 1.73 bits per heavy atom. The summed E-state index contributed by atoms with van der Waals surface area (Å²) in [7, 11) is 0. The Hall–Kier alpha value is -4.84. The van der Waals surface area contributed by atoms with Crippen LogP contribution in [0.5, 0.6) is 0 Å². The van der Waals surface area contributed by atoms with Crippen LogP contribution in [0.2, 0.25) is 0 Å². The Morgan fingerprint density at radius 3 is 2.49 bits per heavy atom. The van der Waals surface area contributed by atoms with Gasteiger partial charge in [0.25, 0.3) is 5.69 Å². The second kappa shape index (κ2) is 11.3. The normalized spacial score (nSPS) is 13.6. The van der Waals surface area contributed by atoms with E-state index in [1.165, 1.54) is 18.3 Å².